The molecule has 2 aliphatic heterocycles. The Morgan fingerprint density at radius 2 is 1.83 bits per heavy atom. The van der Waals surface area contributed by atoms with Crippen molar-refractivity contribution < 1.29 is 14.3 Å². The maximum Gasteiger partial charge on any atom is 0.354 e. The van der Waals surface area contributed by atoms with Crippen LogP contribution in [0.15, 0.2) is 36.4 Å². The molecule has 1 N–H and O–H groups in total. The van der Waals surface area contributed by atoms with Crippen molar-refractivity contribution >= 4 is 22.7 Å². The lowest BCUT2D eigenvalue weighted by Gasteiger charge is -2.36. The Hall–Kier alpha value is -3.00. The van der Waals surface area contributed by atoms with Crippen LogP contribution in [0.2, 0.25) is 0 Å². The van der Waals surface area contributed by atoms with Gasteiger partial charge in [-0.2, -0.15) is 5.10 Å². The van der Waals surface area contributed by atoms with Crippen molar-refractivity contribution in [3.63, 3.8) is 0 Å². The Morgan fingerprint density at radius 1 is 1.06 bits per heavy atom. The second-order valence-corrected chi connectivity index (χ2v) is 10.4. The third kappa shape index (κ3) is 4.29. The second kappa shape index (κ2) is 9.22. The average Bonchev–Trinajstić information content (AvgIpc) is 3.42. The number of aromatic nitrogens is 3. The number of anilines is 1. The van der Waals surface area contributed by atoms with Crippen LogP contribution in [0.3, 0.4) is 0 Å². The predicted octanol–water partition coefficient (Wildman–Crippen LogP) is 4.65. The van der Waals surface area contributed by atoms with E-state index in [1.54, 1.807) is 6.07 Å². The summed E-state index contributed by atoms with van der Waals surface area (Å²) in [5.41, 5.74) is 3.56. The molecule has 35 heavy (non-hydrogen) atoms. The molecule has 0 radical (unpaired) electrons. The molecule has 4 heterocycles. The molecule has 0 unspecified atom stereocenters. The fourth-order valence-corrected chi connectivity index (χ4v) is 5.87. The Labute approximate surface area is 204 Å². The van der Waals surface area contributed by atoms with Gasteiger partial charge in [0.25, 0.3) is 0 Å². The fraction of sp³-hybridized carbons (Fsp3) is 0.519. The van der Waals surface area contributed by atoms with Gasteiger partial charge in [0.15, 0.2) is 11.3 Å². The van der Waals surface area contributed by atoms with E-state index < -0.39 is 12.1 Å². The van der Waals surface area contributed by atoms with Gasteiger partial charge in [0.1, 0.15) is 6.17 Å². The largest absolute Gasteiger partial charge is 0.477 e. The third-order valence-electron chi connectivity index (χ3n) is 8.04. The van der Waals surface area contributed by atoms with Crippen LogP contribution >= 0.6 is 0 Å². The summed E-state index contributed by atoms with van der Waals surface area (Å²) in [5, 5.41) is 15.9. The highest BCUT2D eigenvalue weighted by molar-refractivity contribution is 5.98. The van der Waals surface area contributed by atoms with E-state index in [1.165, 1.54) is 6.42 Å². The maximum absolute atomic E-state index is 13.6. The zero-order chi connectivity index (χ0) is 23.9. The monoisotopic (exact) mass is 477 g/mol. The number of likely N-dealkylation sites (tertiary alicyclic amines) is 1. The molecule has 3 aliphatic rings. The minimum Gasteiger partial charge on any atom is -0.477 e. The number of alkyl halides is 1. The number of hydrogen-bond acceptors (Lipinski definition) is 5. The normalized spacial score (nSPS) is 22.1. The molecule has 1 aliphatic carbocycles. The Morgan fingerprint density at radius 3 is 2.46 bits per heavy atom. The molecule has 7 nitrogen and oxygen atoms in total. The van der Waals surface area contributed by atoms with Gasteiger partial charge >= 0.3 is 5.97 Å². The number of benzene rings is 1. The molecule has 2 aromatic heterocycles. The van der Waals surface area contributed by atoms with E-state index in [1.807, 2.05) is 35.0 Å². The smallest absolute Gasteiger partial charge is 0.354 e. The van der Waals surface area contributed by atoms with Crippen molar-refractivity contribution in [2.45, 2.75) is 50.6 Å². The maximum atomic E-state index is 13.6. The minimum atomic E-state index is -1.02. The number of nitrogens with zero attached hydrogens (tertiary/aromatic N) is 5. The van der Waals surface area contributed by atoms with Gasteiger partial charge in [-0.15, -0.1) is 0 Å². The Bertz CT molecular complexity index is 1220. The number of carboxylic acid groups (broad SMARTS) is 1. The van der Waals surface area contributed by atoms with Crippen LogP contribution in [0.5, 0.6) is 0 Å². The quantitative estimate of drug-likeness (QED) is 0.557. The van der Waals surface area contributed by atoms with E-state index in [2.05, 4.69) is 14.8 Å². The van der Waals surface area contributed by atoms with E-state index in [-0.39, 0.29) is 5.69 Å². The lowest BCUT2D eigenvalue weighted by Crippen LogP contribution is -2.38. The first-order valence-electron chi connectivity index (χ1n) is 12.9. The van der Waals surface area contributed by atoms with E-state index in [0.717, 1.165) is 74.3 Å². The van der Waals surface area contributed by atoms with Crippen molar-refractivity contribution in [2.75, 3.05) is 37.6 Å². The first-order valence-corrected chi connectivity index (χ1v) is 12.9. The molecule has 0 spiro atoms. The summed E-state index contributed by atoms with van der Waals surface area (Å²) < 4.78 is 15.4. The molecule has 0 bridgehead atoms. The Balaban J connectivity index is 1.36. The molecule has 3 fully saturated rings. The van der Waals surface area contributed by atoms with E-state index in [0.29, 0.717) is 30.4 Å². The van der Waals surface area contributed by atoms with Crippen molar-refractivity contribution in [3.8, 4) is 5.69 Å². The standard InChI is InChI=1S/C27H32FN5O2/c28-20-11-12-31(17-20)16-18-9-13-32(14-10-18)23-15-22(27(34)35)29-26-24(23)25(19-5-4-6-19)30-33(26)21-7-2-1-3-8-21/h1-3,7-8,15,18-20H,4-6,9-14,16-17H2,(H,34,35)/t20-/m1/s1. The van der Waals surface area contributed by atoms with Crippen molar-refractivity contribution in [3.05, 3.63) is 47.8 Å². The summed E-state index contributed by atoms with van der Waals surface area (Å²) in [6.45, 7) is 4.10. The molecule has 1 aromatic carbocycles. The Kier molecular flexibility index (Phi) is 5.92. The topological polar surface area (TPSA) is 74.5 Å². The second-order valence-electron chi connectivity index (χ2n) is 10.4. The number of aromatic carboxylic acids is 1. The summed E-state index contributed by atoms with van der Waals surface area (Å²) in [5.74, 6) is -0.0881. The van der Waals surface area contributed by atoms with E-state index >= 15 is 0 Å². The van der Waals surface area contributed by atoms with Gasteiger partial charge in [-0.05, 0) is 56.2 Å². The van der Waals surface area contributed by atoms with Gasteiger partial charge < -0.3 is 14.9 Å². The zero-order valence-electron chi connectivity index (χ0n) is 19.9. The fourth-order valence-electron chi connectivity index (χ4n) is 5.87. The molecule has 184 valence electrons. The number of fused-ring (bicyclic) bond motifs is 1. The van der Waals surface area contributed by atoms with Gasteiger partial charge in [-0.1, -0.05) is 24.6 Å². The molecule has 0 amide bonds. The van der Waals surface area contributed by atoms with Crippen LogP contribution < -0.4 is 4.90 Å². The zero-order valence-corrected chi connectivity index (χ0v) is 19.9. The van der Waals surface area contributed by atoms with Gasteiger partial charge in [0, 0.05) is 38.6 Å². The van der Waals surface area contributed by atoms with Gasteiger partial charge in [-0.25, -0.2) is 18.9 Å². The summed E-state index contributed by atoms with van der Waals surface area (Å²) in [7, 11) is 0. The SMILES string of the molecule is O=C(O)c1cc(N2CCC(CN3CC[C@@H](F)C3)CC2)c2c(C3CCC3)nn(-c3ccccc3)c2n1. The number of carbonyl (C=O) groups is 1. The highest BCUT2D eigenvalue weighted by Gasteiger charge is 2.32. The summed E-state index contributed by atoms with van der Waals surface area (Å²) >= 11 is 0. The summed E-state index contributed by atoms with van der Waals surface area (Å²) in [4.78, 5) is 21.2. The number of para-hydroxylation sites is 1. The van der Waals surface area contributed by atoms with Crippen LogP contribution in [0.1, 0.15) is 60.6 Å². The van der Waals surface area contributed by atoms with E-state index in [9.17, 15) is 14.3 Å². The number of piperidine rings is 1. The van der Waals surface area contributed by atoms with Crippen LogP contribution in [-0.4, -0.2) is 69.6 Å². The lowest BCUT2D eigenvalue weighted by molar-refractivity contribution is 0.0691. The lowest BCUT2D eigenvalue weighted by atomic mass is 9.81. The molecule has 6 rings (SSSR count). The number of rotatable bonds is 6. The summed E-state index contributed by atoms with van der Waals surface area (Å²) in [6, 6.07) is 11.6. The molecule has 1 atom stereocenters. The van der Waals surface area contributed by atoms with E-state index in [4.69, 9.17) is 5.10 Å². The van der Waals surface area contributed by atoms with Crippen LogP contribution in [-0.2, 0) is 0 Å². The molecule has 3 aromatic rings. The predicted molar refractivity (Wildman–Crippen MR) is 133 cm³/mol. The highest BCUT2D eigenvalue weighted by Crippen LogP contribution is 2.43. The average molecular weight is 478 g/mol. The number of hydrogen-bond donors (Lipinski definition) is 1. The van der Waals surface area contributed by atoms with Gasteiger partial charge in [0.2, 0.25) is 0 Å². The number of carboxylic acids is 1. The van der Waals surface area contributed by atoms with Gasteiger partial charge in [-0.3, -0.25) is 0 Å². The molecular formula is C27H32FN5O2. The van der Waals surface area contributed by atoms with Crippen LogP contribution in [0, 0.1) is 5.92 Å². The molecular weight excluding hydrogens is 445 g/mol. The first kappa shape index (κ1) is 22.5. The highest BCUT2D eigenvalue weighted by atomic mass is 19.1. The number of halogens is 1. The van der Waals surface area contributed by atoms with Gasteiger partial charge in [0.05, 0.1) is 22.5 Å². The molecule has 1 saturated carbocycles. The van der Waals surface area contributed by atoms with Crippen molar-refractivity contribution in [1.82, 2.24) is 19.7 Å². The van der Waals surface area contributed by atoms with Crippen molar-refractivity contribution in [1.29, 1.82) is 0 Å². The van der Waals surface area contributed by atoms with Crippen LogP contribution in [0.4, 0.5) is 10.1 Å². The minimum absolute atomic E-state index is 0.0536. The summed E-state index contributed by atoms with van der Waals surface area (Å²) in [6.07, 6.45) is 5.42. The molecule has 8 heteroatoms. The van der Waals surface area contributed by atoms with Crippen molar-refractivity contribution in [2.24, 2.45) is 5.92 Å². The third-order valence-corrected chi connectivity index (χ3v) is 8.04. The number of pyridine rings is 1. The van der Waals surface area contributed by atoms with Crippen LogP contribution in [0.25, 0.3) is 16.7 Å². The first-order chi connectivity index (χ1) is 17.1. The molecule has 2 saturated heterocycles.